The van der Waals surface area contributed by atoms with E-state index in [0.29, 0.717) is 30.2 Å². The van der Waals surface area contributed by atoms with Crippen LogP contribution in [0.15, 0.2) is 42.9 Å². The van der Waals surface area contributed by atoms with Crippen molar-refractivity contribution in [3.63, 3.8) is 0 Å². The van der Waals surface area contributed by atoms with Gasteiger partial charge in [-0.1, -0.05) is 13.8 Å². The third kappa shape index (κ3) is 7.48. The van der Waals surface area contributed by atoms with E-state index in [1.807, 2.05) is 20.8 Å². The molecule has 9 nitrogen and oxygen atoms in total. The van der Waals surface area contributed by atoms with Crippen LogP contribution in [0, 0.1) is 11.6 Å². The summed E-state index contributed by atoms with van der Waals surface area (Å²) in [5, 5.41) is 13.0. The summed E-state index contributed by atoms with van der Waals surface area (Å²) in [4.78, 5) is 34.4. The van der Waals surface area contributed by atoms with E-state index in [1.54, 1.807) is 0 Å². The van der Waals surface area contributed by atoms with E-state index in [4.69, 9.17) is 14.6 Å². The van der Waals surface area contributed by atoms with Gasteiger partial charge in [0, 0.05) is 48.7 Å². The first-order chi connectivity index (χ1) is 17.2. The first-order valence-corrected chi connectivity index (χ1v) is 11.3. The van der Waals surface area contributed by atoms with Crippen molar-refractivity contribution in [1.29, 1.82) is 0 Å². The number of morpholine rings is 1. The smallest absolute Gasteiger partial charge is 0.290 e. The fraction of sp³-hybridized carbons (Fsp3) is 0.320. The van der Waals surface area contributed by atoms with Crippen molar-refractivity contribution in [3.05, 3.63) is 71.6 Å². The van der Waals surface area contributed by atoms with E-state index in [1.165, 1.54) is 24.7 Å². The van der Waals surface area contributed by atoms with Crippen molar-refractivity contribution in [3.8, 4) is 11.1 Å². The number of benzene rings is 1. The third-order valence-electron chi connectivity index (χ3n) is 5.35. The number of carbonyl (C=O) groups is 2. The number of nitrogens with zero attached hydrogens (tertiary/aromatic N) is 3. The van der Waals surface area contributed by atoms with E-state index >= 15 is 0 Å². The lowest BCUT2D eigenvalue weighted by molar-refractivity contribution is -0.122. The first-order valence-electron chi connectivity index (χ1n) is 11.3. The van der Waals surface area contributed by atoms with Crippen LogP contribution in [-0.2, 0) is 9.53 Å². The molecule has 1 aromatic carbocycles. The highest BCUT2D eigenvalue weighted by molar-refractivity contribution is 6.06. The molecule has 1 fully saturated rings. The van der Waals surface area contributed by atoms with Crippen molar-refractivity contribution in [1.82, 2.24) is 20.3 Å². The Morgan fingerprint density at radius 1 is 1.16 bits per heavy atom. The summed E-state index contributed by atoms with van der Waals surface area (Å²) in [5.41, 5.74) is 1.21. The Balaban J connectivity index is 0.00000115. The Hall–Kier alpha value is -3.54. The van der Waals surface area contributed by atoms with Crippen LogP contribution in [0.4, 0.5) is 14.5 Å². The zero-order valence-corrected chi connectivity index (χ0v) is 21.3. The number of amides is 1. The fourth-order valence-electron chi connectivity index (χ4n) is 3.68. The Morgan fingerprint density at radius 3 is 2.46 bits per heavy atom. The Labute approximate surface area is 219 Å². The second-order valence-electron chi connectivity index (χ2n) is 8.38. The zero-order chi connectivity index (χ0) is 26.2. The normalized spacial score (nSPS) is 16.7. The minimum absolute atomic E-state index is 0. The highest BCUT2D eigenvalue weighted by atomic mass is 35.5. The molecule has 2 atom stereocenters. The molecule has 37 heavy (non-hydrogen) atoms. The summed E-state index contributed by atoms with van der Waals surface area (Å²) >= 11 is 0. The number of hydrogen-bond acceptors (Lipinski definition) is 7. The molecule has 1 saturated heterocycles. The Morgan fingerprint density at radius 2 is 1.84 bits per heavy atom. The molecule has 3 N–H and O–H groups in total. The van der Waals surface area contributed by atoms with E-state index in [-0.39, 0.29) is 47.7 Å². The molecule has 2 aromatic heterocycles. The van der Waals surface area contributed by atoms with E-state index in [9.17, 15) is 13.6 Å². The quantitative estimate of drug-likeness (QED) is 0.411. The van der Waals surface area contributed by atoms with Crippen LogP contribution in [0.5, 0.6) is 0 Å². The van der Waals surface area contributed by atoms with Gasteiger partial charge in [-0.3, -0.25) is 14.6 Å². The Bertz CT molecular complexity index is 1210. The maximum atomic E-state index is 14.7. The van der Waals surface area contributed by atoms with Crippen LogP contribution in [0.2, 0.25) is 0 Å². The van der Waals surface area contributed by atoms with Crippen LogP contribution >= 0.6 is 12.4 Å². The number of rotatable bonds is 5. The molecule has 0 spiro atoms. The number of aromatic nitrogens is 3. The van der Waals surface area contributed by atoms with Gasteiger partial charge in [0.15, 0.2) is 0 Å². The van der Waals surface area contributed by atoms with Crippen molar-refractivity contribution in [2.24, 2.45) is 0 Å². The minimum Gasteiger partial charge on any atom is -0.483 e. The molecule has 0 saturated carbocycles. The van der Waals surface area contributed by atoms with Crippen LogP contribution in [0.3, 0.4) is 0 Å². The summed E-state index contributed by atoms with van der Waals surface area (Å²) in [6, 6.07) is 4.72. The number of pyridine rings is 1. The lowest BCUT2D eigenvalue weighted by atomic mass is 10.00. The number of nitrogens with one attached hydrogen (secondary N) is 2. The highest BCUT2D eigenvalue weighted by Gasteiger charge is 2.27. The van der Waals surface area contributed by atoms with Crippen LogP contribution < -0.4 is 10.6 Å². The van der Waals surface area contributed by atoms with Gasteiger partial charge in [0.05, 0.1) is 23.0 Å². The molecular weight excluding hydrogens is 508 g/mol. The molecule has 1 unspecified atom stereocenters. The van der Waals surface area contributed by atoms with E-state index in [2.05, 4.69) is 25.6 Å². The summed E-state index contributed by atoms with van der Waals surface area (Å²) in [5.74, 6) is -0.970. The summed E-state index contributed by atoms with van der Waals surface area (Å²) in [7, 11) is 0. The predicted molar refractivity (Wildman–Crippen MR) is 136 cm³/mol. The van der Waals surface area contributed by atoms with E-state index in [0.717, 1.165) is 18.2 Å². The van der Waals surface area contributed by atoms with Crippen LogP contribution in [-0.4, -0.2) is 51.6 Å². The van der Waals surface area contributed by atoms with Crippen molar-refractivity contribution in [2.45, 2.75) is 38.9 Å². The maximum absolute atomic E-state index is 14.7. The van der Waals surface area contributed by atoms with Crippen molar-refractivity contribution >= 4 is 30.5 Å². The van der Waals surface area contributed by atoms with Gasteiger partial charge in [-0.2, -0.15) is 0 Å². The van der Waals surface area contributed by atoms with Gasteiger partial charge in [-0.05, 0) is 31.2 Å². The molecule has 12 heteroatoms. The molecule has 1 aliphatic rings. The number of halogens is 3. The van der Waals surface area contributed by atoms with E-state index < -0.39 is 23.6 Å². The Kier molecular flexibility index (Phi) is 11.0. The number of carbonyl (C=O) groups excluding carboxylic acids is 1. The summed E-state index contributed by atoms with van der Waals surface area (Å²) in [6.07, 6.45) is 3.81. The van der Waals surface area contributed by atoms with Crippen molar-refractivity contribution < 1.29 is 28.2 Å². The minimum atomic E-state index is -0.621. The molecular formula is C25H28ClF2N5O4. The molecule has 3 heterocycles. The highest BCUT2D eigenvalue weighted by Crippen LogP contribution is 2.36. The number of ether oxygens (including phenoxy) is 1. The second-order valence-corrected chi connectivity index (χ2v) is 8.38. The topological polar surface area (TPSA) is 126 Å². The van der Waals surface area contributed by atoms with Gasteiger partial charge in [0.25, 0.3) is 12.4 Å². The van der Waals surface area contributed by atoms with Gasteiger partial charge in [0.1, 0.15) is 23.6 Å². The average Bonchev–Trinajstić information content (AvgIpc) is 2.86. The monoisotopic (exact) mass is 535 g/mol. The lowest BCUT2D eigenvalue weighted by Gasteiger charge is -2.30. The summed E-state index contributed by atoms with van der Waals surface area (Å²) in [6.45, 7) is 6.71. The first kappa shape index (κ1) is 29.7. The van der Waals surface area contributed by atoms with Gasteiger partial charge in [-0.15, -0.1) is 12.4 Å². The van der Waals surface area contributed by atoms with Crippen LogP contribution in [0.1, 0.15) is 54.7 Å². The van der Waals surface area contributed by atoms with Crippen molar-refractivity contribution in [2.75, 3.05) is 18.4 Å². The SMILES string of the molecule is CC(C)c1ncc(C(=O)Nc2c(-c3cc(F)ccc3F)ccnc2C2CNC[C@@H](C)O2)cn1.Cl.O=CO. The molecule has 1 aliphatic heterocycles. The second kappa shape index (κ2) is 13.7. The summed E-state index contributed by atoms with van der Waals surface area (Å²) < 4.78 is 34.7. The predicted octanol–water partition coefficient (Wildman–Crippen LogP) is 4.36. The molecule has 3 aromatic rings. The van der Waals surface area contributed by atoms with Gasteiger partial charge in [0.2, 0.25) is 0 Å². The number of anilines is 1. The average molecular weight is 536 g/mol. The zero-order valence-electron chi connectivity index (χ0n) is 20.4. The lowest BCUT2D eigenvalue weighted by Crippen LogP contribution is -2.39. The number of hydrogen-bond donors (Lipinski definition) is 3. The molecule has 0 radical (unpaired) electrons. The molecule has 198 valence electrons. The van der Waals surface area contributed by atoms with Gasteiger partial charge >= 0.3 is 0 Å². The molecule has 0 aliphatic carbocycles. The third-order valence-corrected chi connectivity index (χ3v) is 5.35. The molecule has 4 rings (SSSR count). The molecule has 0 bridgehead atoms. The maximum Gasteiger partial charge on any atom is 0.290 e. The number of carboxylic acid groups (broad SMARTS) is 1. The van der Waals surface area contributed by atoms with Gasteiger partial charge in [-0.25, -0.2) is 18.7 Å². The van der Waals surface area contributed by atoms with Crippen LogP contribution in [0.25, 0.3) is 11.1 Å². The fourth-order valence-corrected chi connectivity index (χ4v) is 3.68. The largest absolute Gasteiger partial charge is 0.483 e. The standard InChI is InChI=1S/C24H25F2N5O2.CH2O2.ClH/c1-13(2)23-29-10-15(11-30-23)24(32)31-21-17(18-8-16(25)4-5-19(18)26)6-7-28-22(21)20-12-27-9-14(3)33-20;2-1-3;/h4-8,10-11,13-14,20,27H,9,12H2,1-3H3,(H,31,32);1H,(H,2,3);1H/t14-,20?;;/m1../s1. The van der Waals surface area contributed by atoms with Gasteiger partial charge < -0.3 is 20.5 Å². The molecule has 1 amide bonds.